The molecule has 1 aliphatic rings. The number of hydrogen-bond donors (Lipinski definition) is 0. The molecule has 0 radical (unpaired) electrons. The van der Waals surface area contributed by atoms with E-state index in [4.69, 9.17) is 9.47 Å². The number of aromatic nitrogens is 1. The van der Waals surface area contributed by atoms with Gasteiger partial charge in [0.25, 0.3) is 0 Å². The van der Waals surface area contributed by atoms with Gasteiger partial charge in [-0.3, -0.25) is 0 Å². The fourth-order valence-corrected chi connectivity index (χ4v) is 2.43. The molecular weight excluding hydrogens is 386 g/mol. The lowest BCUT2D eigenvalue weighted by Crippen LogP contribution is -3.00. The summed E-state index contributed by atoms with van der Waals surface area (Å²) in [5.74, 6) is 0. The van der Waals surface area contributed by atoms with Crippen molar-refractivity contribution >= 4 is 15.9 Å². The first kappa shape index (κ1) is 15.6. The lowest BCUT2D eigenvalue weighted by Gasteiger charge is -2.09. The van der Waals surface area contributed by atoms with E-state index in [-0.39, 0.29) is 23.3 Å². The zero-order valence-corrected chi connectivity index (χ0v) is 14.0. The molecule has 1 saturated heterocycles. The number of halogens is 2. The van der Waals surface area contributed by atoms with Crippen LogP contribution in [0.1, 0.15) is 17.5 Å². The molecular formula is C15H15Br2NO2. The van der Waals surface area contributed by atoms with Crippen LogP contribution in [-0.4, -0.2) is 13.2 Å². The van der Waals surface area contributed by atoms with E-state index < -0.39 is 0 Å². The number of rotatable bonds is 3. The molecule has 20 heavy (non-hydrogen) atoms. The topological polar surface area (TPSA) is 22.3 Å². The molecule has 0 unspecified atom stereocenters. The van der Waals surface area contributed by atoms with Crippen molar-refractivity contribution in [3.05, 3.63) is 64.4 Å². The maximum Gasteiger partial charge on any atom is 0.245 e. The van der Waals surface area contributed by atoms with Crippen molar-refractivity contribution in [3.8, 4) is 0 Å². The molecule has 3 nitrogen and oxygen atoms in total. The number of hydrogen-bond acceptors (Lipinski definition) is 2. The Morgan fingerprint density at radius 1 is 1.05 bits per heavy atom. The molecule has 1 fully saturated rings. The van der Waals surface area contributed by atoms with Crippen molar-refractivity contribution in [3.63, 3.8) is 0 Å². The molecule has 2 aromatic rings. The van der Waals surface area contributed by atoms with Crippen LogP contribution in [0.3, 0.4) is 0 Å². The summed E-state index contributed by atoms with van der Waals surface area (Å²) in [5.41, 5.74) is 2.31. The van der Waals surface area contributed by atoms with Crippen LogP contribution in [0, 0.1) is 0 Å². The van der Waals surface area contributed by atoms with Gasteiger partial charge in [0.15, 0.2) is 12.7 Å². The summed E-state index contributed by atoms with van der Waals surface area (Å²) in [4.78, 5) is 0. The van der Waals surface area contributed by atoms with Crippen molar-refractivity contribution < 1.29 is 31.0 Å². The second-order valence-corrected chi connectivity index (χ2v) is 5.37. The van der Waals surface area contributed by atoms with Crippen LogP contribution in [0.2, 0.25) is 0 Å². The van der Waals surface area contributed by atoms with Crippen molar-refractivity contribution in [2.24, 2.45) is 0 Å². The van der Waals surface area contributed by atoms with Crippen LogP contribution in [-0.2, 0) is 16.0 Å². The molecule has 0 amide bonds. The van der Waals surface area contributed by atoms with Gasteiger partial charge < -0.3 is 26.5 Å². The lowest BCUT2D eigenvalue weighted by atomic mass is 10.2. The Morgan fingerprint density at radius 2 is 1.75 bits per heavy atom. The summed E-state index contributed by atoms with van der Waals surface area (Å²) in [5, 5.41) is 0. The number of benzene rings is 1. The fraction of sp³-hybridized carbons (Fsp3) is 0.267. The molecule has 106 valence electrons. The van der Waals surface area contributed by atoms with E-state index in [0.717, 1.165) is 16.7 Å². The zero-order valence-electron chi connectivity index (χ0n) is 10.8. The highest BCUT2D eigenvalue weighted by Crippen LogP contribution is 2.20. The average molecular weight is 401 g/mol. The summed E-state index contributed by atoms with van der Waals surface area (Å²) in [6.07, 6.45) is 1.82. The molecule has 5 heteroatoms. The second-order valence-electron chi connectivity index (χ2n) is 4.45. The highest BCUT2D eigenvalue weighted by Gasteiger charge is 2.26. The van der Waals surface area contributed by atoms with Gasteiger partial charge in [0, 0.05) is 22.2 Å². The minimum atomic E-state index is -0.239. The summed E-state index contributed by atoms with van der Waals surface area (Å²) in [6, 6.07) is 14.4. The van der Waals surface area contributed by atoms with Gasteiger partial charge in [0.2, 0.25) is 12.0 Å². The molecule has 0 N–H and O–H groups in total. The highest BCUT2D eigenvalue weighted by atomic mass is 79.9. The molecule has 1 aliphatic heterocycles. The summed E-state index contributed by atoms with van der Waals surface area (Å²) >= 11 is 3.45. The lowest BCUT2D eigenvalue weighted by molar-refractivity contribution is -0.701. The van der Waals surface area contributed by atoms with Gasteiger partial charge in [-0.05, 0) is 18.2 Å². The van der Waals surface area contributed by atoms with Gasteiger partial charge in [-0.1, -0.05) is 28.1 Å². The van der Waals surface area contributed by atoms with E-state index in [0.29, 0.717) is 13.2 Å². The Morgan fingerprint density at radius 3 is 2.45 bits per heavy atom. The molecule has 0 bridgehead atoms. The third-order valence-electron chi connectivity index (χ3n) is 3.11. The van der Waals surface area contributed by atoms with Gasteiger partial charge in [-0.2, -0.15) is 4.57 Å². The molecule has 1 aromatic carbocycles. The first-order chi connectivity index (χ1) is 9.33. The summed E-state index contributed by atoms with van der Waals surface area (Å²) in [6.45, 7) is 2.14. The van der Waals surface area contributed by atoms with Crippen molar-refractivity contribution in [2.45, 2.75) is 12.8 Å². The van der Waals surface area contributed by atoms with E-state index in [1.165, 1.54) is 5.56 Å². The quantitative estimate of drug-likeness (QED) is 0.668. The Hall–Kier alpha value is -0.750. The van der Waals surface area contributed by atoms with Crippen LogP contribution in [0.25, 0.3) is 0 Å². The van der Waals surface area contributed by atoms with Gasteiger partial charge in [-0.15, -0.1) is 0 Å². The molecule has 3 rings (SSSR count). The minimum Gasteiger partial charge on any atom is -1.00 e. The average Bonchev–Trinajstić information content (AvgIpc) is 2.96. The Balaban J connectivity index is 0.00000147. The van der Waals surface area contributed by atoms with Crippen LogP contribution >= 0.6 is 15.9 Å². The Kier molecular flexibility index (Phi) is 5.72. The van der Waals surface area contributed by atoms with Crippen LogP contribution < -0.4 is 21.5 Å². The Labute approximate surface area is 137 Å². The van der Waals surface area contributed by atoms with Gasteiger partial charge in [0.05, 0.1) is 13.2 Å². The van der Waals surface area contributed by atoms with Crippen LogP contribution in [0.15, 0.2) is 53.1 Å². The summed E-state index contributed by atoms with van der Waals surface area (Å²) < 4.78 is 14.4. The molecule has 0 aliphatic carbocycles. The Bertz CT molecular complexity index is 554. The van der Waals surface area contributed by atoms with Crippen molar-refractivity contribution in [1.29, 1.82) is 0 Å². The summed E-state index contributed by atoms with van der Waals surface area (Å²) in [7, 11) is 0. The largest absolute Gasteiger partial charge is 1.00 e. The smallest absolute Gasteiger partial charge is 0.245 e. The molecule has 0 spiro atoms. The van der Waals surface area contributed by atoms with Crippen molar-refractivity contribution in [1.82, 2.24) is 0 Å². The van der Waals surface area contributed by atoms with E-state index >= 15 is 0 Å². The third-order valence-corrected chi connectivity index (χ3v) is 3.63. The maximum absolute atomic E-state index is 5.59. The normalized spacial score (nSPS) is 15.1. The number of nitrogens with zero attached hydrogens (tertiary/aromatic N) is 1. The van der Waals surface area contributed by atoms with Gasteiger partial charge in [0.1, 0.15) is 0 Å². The molecule has 0 saturated carbocycles. The van der Waals surface area contributed by atoms with E-state index in [1.807, 2.05) is 12.1 Å². The highest BCUT2D eigenvalue weighted by molar-refractivity contribution is 9.10. The first-order valence-electron chi connectivity index (χ1n) is 6.29. The minimum absolute atomic E-state index is 0. The van der Waals surface area contributed by atoms with Gasteiger partial charge >= 0.3 is 0 Å². The third kappa shape index (κ3) is 3.67. The van der Waals surface area contributed by atoms with Crippen LogP contribution in [0.5, 0.6) is 0 Å². The monoisotopic (exact) mass is 399 g/mol. The van der Waals surface area contributed by atoms with E-state index in [9.17, 15) is 0 Å². The molecule has 1 aromatic heterocycles. The predicted octanol–water partition coefficient (Wildman–Crippen LogP) is -0.166. The van der Waals surface area contributed by atoms with Crippen molar-refractivity contribution in [2.75, 3.05) is 13.2 Å². The van der Waals surface area contributed by atoms with Crippen LogP contribution in [0.4, 0.5) is 0 Å². The predicted molar refractivity (Wildman–Crippen MR) is 74.5 cm³/mol. The molecule has 0 atom stereocenters. The number of ether oxygens (including phenoxy) is 2. The number of pyridine rings is 1. The van der Waals surface area contributed by atoms with E-state index in [1.54, 1.807) is 0 Å². The van der Waals surface area contributed by atoms with E-state index in [2.05, 4.69) is 57.0 Å². The standard InChI is InChI=1S/C15H15BrNO2.BrH/c16-13-6-4-12(5-7-13)11-17-8-2-1-3-14(17)15-18-9-10-19-15;/h1-8,15H,9-11H2;1H/q+1;/p-1. The SMILES string of the molecule is Brc1ccc(C[n+]2ccccc2C2OCCO2)cc1.[Br-]. The maximum atomic E-state index is 5.59. The molecule has 2 heterocycles. The first-order valence-corrected chi connectivity index (χ1v) is 7.08. The second kappa shape index (κ2) is 7.31. The fourth-order valence-electron chi connectivity index (χ4n) is 2.16. The van der Waals surface area contributed by atoms with Gasteiger partial charge in [-0.25, -0.2) is 0 Å². The zero-order chi connectivity index (χ0) is 13.1.